The molecule has 4 heteroatoms. The fourth-order valence-electron chi connectivity index (χ4n) is 5.55. The van der Waals surface area contributed by atoms with E-state index in [0.29, 0.717) is 28.8 Å². The lowest BCUT2D eigenvalue weighted by Crippen LogP contribution is -1.94. The van der Waals surface area contributed by atoms with E-state index in [0.717, 1.165) is 55.6 Å². The Morgan fingerprint density at radius 1 is 0.422 bits per heavy atom. The molecular formula is C41H24N4. The second kappa shape index (κ2) is 12.7. The molecule has 0 amide bonds. The third-order valence-electron chi connectivity index (χ3n) is 7.68. The molecule has 208 valence electrons. The van der Waals surface area contributed by atoms with E-state index in [-0.39, 0.29) is 0 Å². The van der Waals surface area contributed by atoms with Crippen molar-refractivity contribution < 1.29 is 0 Å². The standard InChI is InChI=1S/C41H24N4/c1-45-41-13-5-12-36(24-41)40-21-32(20-39(23-40)35-11-4-8-30(17-35)27-44)14-31-18-37(33-9-2-6-28(15-33)25-42)22-38(19-31)34-10-3-7-29(16-34)26-43/h2-13,15-24H,14H2. The van der Waals surface area contributed by atoms with Crippen molar-refractivity contribution in [3.05, 3.63) is 173 Å². The van der Waals surface area contributed by atoms with Gasteiger partial charge in [0.05, 0.1) is 41.5 Å². The smallest absolute Gasteiger partial charge is 0.187 e. The van der Waals surface area contributed by atoms with Gasteiger partial charge in [0.15, 0.2) is 5.69 Å². The van der Waals surface area contributed by atoms with Crippen LogP contribution in [0.3, 0.4) is 0 Å². The molecule has 0 aliphatic heterocycles. The quantitative estimate of drug-likeness (QED) is 0.186. The van der Waals surface area contributed by atoms with E-state index in [1.165, 1.54) is 0 Å². The molecule has 0 radical (unpaired) electrons. The Hall–Kier alpha value is -6.72. The lowest BCUT2D eigenvalue weighted by Gasteiger charge is -2.14. The number of nitrogens with zero attached hydrogens (tertiary/aromatic N) is 4. The Balaban J connectivity index is 1.51. The SMILES string of the molecule is [C-]#[N+]c1cccc(-c2cc(Cc3cc(-c4cccc(C#N)c4)cc(-c4cccc(C#N)c4)c3)cc(-c3cccc(C#N)c3)c2)c1. The van der Waals surface area contributed by atoms with Crippen LogP contribution in [0.4, 0.5) is 5.69 Å². The minimum absolute atomic E-state index is 0.572. The van der Waals surface area contributed by atoms with E-state index in [1.54, 1.807) is 24.3 Å². The van der Waals surface area contributed by atoms with Crippen molar-refractivity contribution in [2.24, 2.45) is 0 Å². The summed E-state index contributed by atoms with van der Waals surface area (Å²) in [5, 5.41) is 28.6. The maximum absolute atomic E-state index is 9.54. The predicted molar refractivity (Wildman–Crippen MR) is 178 cm³/mol. The van der Waals surface area contributed by atoms with Gasteiger partial charge < -0.3 is 0 Å². The first-order valence-corrected chi connectivity index (χ1v) is 14.3. The molecule has 45 heavy (non-hydrogen) atoms. The Kier molecular flexibility index (Phi) is 7.98. The highest BCUT2D eigenvalue weighted by atomic mass is 14.6. The molecule has 0 atom stereocenters. The minimum atomic E-state index is 0.572. The van der Waals surface area contributed by atoms with Crippen LogP contribution in [0.5, 0.6) is 0 Å². The first-order chi connectivity index (χ1) is 22.0. The molecule has 0 bridgehead atoms. The molecule has 6 rings (SSSR count). The molecule has 0 spiro atoms. The van der Waals surface area contributed by atoms with Gasteiger partial charge in [0.1, 0.15) is 0 Å². The fraction of sp³-hybridized carbons (Fsp3) is 0.0244. The normalized spacial score (nSPS) is 10.2. The minimum Gasteiger partial charge on any atom is -0.238 e. The summed E-state index contributed by atoms with van der Waals surface area (Å²) in [6.45, 7) is 7.51. The Bertz CT molecular complexity index is 1940. The molecule has 0 aromatic heterocycles. The van der Waals surface area contributed by atoms with Gasteiger partial charge in [0.25, 0.3) is 0 Å². The van der Waals surface area contributed by atoms with Crippen LogP contribution < -0.4 is 0 Å². The highest BCUT2D eigenvalue weighted by Crippen LogP contribution is 2.34. The zero-order valence-electron chi connectivity index (χ0n) is 24.2. The number of hydrogen-bond donors (Lipinski definition) is 0. The van der Waals surface area contributed by atoms with Gasteiger partial charge in [0.2, 0.25) is 0 Å². The molecule has 6 aromatic rings. The number of hydrogen-bond acceptors (Lipinski definition) is 3. The Labute approximate surface area is 262 Å². The maximum atomic E-state index is 9.54. The molecule has 0 aliphatic rings. The summed E-state index contributed by atoms with van der Waals surface area (Å²) < 4.78 is 0. The van der Waals surface area contributed by atoms with Crippen LogP contribution in [-0.2, 0) is 6.42 Å². The number of benzene rings is 6. The average Bonchev–Trinajstić information content (AvgIpc) is 3.11. The van der Waals surface area contributed by atoms with Crippen molar-refractivity contribution in [1.29, 1.82) is 15.8 Å². The molecule has 6 aromatic carbocycles. The molecule has 0 fully saturated rings. The molecule has 0 unspecified atom stereocenters. The van der Waals surface area contributed by atoms with Gasteiger partial charge >= 0.3 is 0 Å². The number of rotatable bonds is 6. The maximum Gasteiger partial charge on any atom is 0.187 e. The highest BCUT2D eigenvalue weighted by Gasteiger charge is 2.12. The van der Waals surface area contributed by atoms with Crippen molar-refractivity contribution in [3.63, 3.8) is 0 Å². The zero-order chi connectivity index (χ0) is 31.2. The van der Waals surface area contributed by atoms with E-state index in [4.69, 9.17) is 6.57 Å². The lowest BCUT2D eigenvalue weighted by molar-refractivity contribution is 1.19. The van der Waals surface area contributed by atoms with E-state index >= 15 is 0 Å². The van der Waals surface area contributed by atoms with Crippen LogP contribution in [0.1, 0.15) is 27.8 Å². The summed E-state index contributed by atoms with van der Waals surface area (Å²) in [5.74, 6) is 0. The van der Waals surface area contributed by atoms with Gasteiger partial charge in [-0.05, 0) is 117 Å². The average molecular weight is 573 g/mol. The second-order valence-electron chi connectivity index (χ2n) is 10.8. The first-order valence-electron chi connectivity index (χ1n) is 14.3. The summed E-state index contributed by atoms with van der Waals surface area (Å²) in [6, 6.07) is 49.8. The Morgan fingerprint density at radius 3 is 1.13 bits per heavy atom. The predicted octanol–water partition coefficient (Wildman–Crippen LogP) is 10.1. The molecule has 0 heterocycles. The molecule has 0 saturated carbocycles. The molecule has 0 N–H and O–H groups in total. The van der Waals surface area contributed by atoms with Crippen molar-refractivity contribution in [1.82, 2.24) is 0 Å². The summed E-state index contributed by atoms with van der Waals surface area (Å²) in [6.07, 6.45) is 0.609. The third-order valence-corrected chi connectivity index (χ3v) is 7.68. The monoisotopic (exact) mass is 572 g/mol. The second-order valence-corrected chi connectivity index (χ2v) is 10.8. The van der Waals surface area contributed by atoms with Crippen LogP contribution in [0.2, 0.25) is 0 Å². The van der Waals surface area contributed by atoms with Crippen LogP contribution in [0, 0.1) is 40.6 Å². The van der Waals surface area contributed by atoms with Gasteiger partial charge in [-0.3, -0.25) is 0 Å². The summed E-state index contributed by atoms with van der Waals surface area (Å²) >= 11 is 0. The third kappa shape index (κ3) is 6.38. The molecule has 0 aliphatic carbocycles. The van der Waals surface area contributed by atoms with E-state index < -0.39 is 0 Å². The van der Waals surface area contributed by atoms with E-state index in [1.807, 2.05) is 72.8 Å². The zero-order valence-corrected chi connectivity index (χ0v) is 24.2. The van der Waals surface area contributed by atoms with Gasteiger partial charge in [-0.25, -0.2) is 4.85 Å². The summed E-state index contributed by atoms with van der Waals surface area (Å²) in [5.41, 5.74) is 12.1. The van der Waals surface area contributed by atoms with Crippen molar-refractivity contribution in [3.8, 4) is 62.7 Å². The van der Waals surface area contributed by atoms with Gasteiger partial charge in [-0.15, -0.1) is 0 Å². The van der Waals surface area contributed by atoms with Crippen molar-refractivity contribution in [2.45, 2.75) is 6.42 Å². The lowest BCUT2D eigenvalue weighted by atomic mass is 9.90. The topological polar surface area (TPSA) is 75.7 Å². The van der Waals surface area contributed by atoms with Crippen LogP contribution in [0.25, 0.3) is 49.4 Å². The molecule has 0 saturated heterocycles. The van der Waals surface area contributed by atoms with Crippen molar-refractivity contribution >= 4 is 5.69 Å². The summed E-state index contributed by atoms with van der Waals surface area (Å²) in [4.78, 5) is 3.63. The van der Waals surface area contributed by atoms with Crippen LogP contribution in [-0.4, -0.2) is 0 Å². The first kappa shape index (κ1) is 28.4. The highest BCUT2D eigenvalue weighted by molar-refractivity contribution is 5.78. The van der Waals surface area contributed by atoms with Gasteiger partial charge in [-0.2, -0.15) is 15.8 Å². The molecule has 4 nitrogen and oxygen atoms in total. The van der Waals surface area contributed by atoms with Crippen LogP contribution >= 0.6 is 0 Å². The van der Waals surface area contributed by atoms with Gasteiger partial charge in [-0.1, -0.05) is 78.9 Å². The van der Waals surface area contributed by atoms with E-state index in [2.05, 4.69) is 59.5 Å². The van der Waals surface area contributed by atoms with Crippen molar-refractivity contribution in [2.75, 3.05) is 0 Å². The number of nitriles is 3. The Morgan fingerprint density at radius 2 is 0.778 bits per heavy atom. The fourth-order valence-corrected chi connectivity index (χ4v) is 5.55. The van der Waals surface area contributed by atoms with E-state index in [9.17, 15) is 15.8 Å². The van der Waals surface area contributed by atoms with Crippen LogP contribution in [0.15, 0.2) is 133 Å². The van der Waals surface area contributed by atoms with Gasteiger partial charge in [0, 0.05) is 0 Å². The molecular weight excluding hydrogens is 548 g/mol. The summed E-state index contributed by atoms with van der Waals surface area (Å²) in [7, 11) is 0. The largest absolute Gasteiger partial charge is 0.238 e.